The van der Waals surface area contributed by atoms with Crippen LogP contribution in [-0.4, -0.2) is 17.4 Å². The monoisotopic (exact) mass is 103 g/mol. The molecule has 26 valence electrons. The van der Waals surface area contributed by atoms with E-state index in [0.29, 0.717) is 0 Å². The van der Waals surface area contributed by atoms with Gasteiger partial charge in [0.1, 0.15) is 0 Å². The van der Waals surface area contributed by atoms with E-state index in [0.717, 1.165) is 0 Å². The van der Waals surface area contributed by atoms with Crippen molar-refractivity contribution >= 4 is 29.0 Å². The fourth-order valence-electron chi connectivity index (χ4n) is 0. The molecule has 0 rings (SSSR count). The fraction of sp³-hybridized carbons (Fsp3) is 0. The molecule has 0 amide bonds. The van der Waals surface area contributed by atoms with Crippen molar-refractivity contribution < 1.29 is 0 Å². The first-order chi connectivity index (χ1) is 1.41. The highest BCUT2D eigenvalue weighted by Crippen LogP contribution is 1.60. The summed E-state index contributed by atoms with van der Waals surface area (Å²) >= 11 is 4.76. The van der Waals surface area contributed by atoms with Crippen molar-refractivity contribution in [3.05, 3.63) is 12.1 Å². The van der Waals surface area contributed by atoms with Crippen LogP contribution >= 0.6 is 11.6 Å². The highest BCUT2D eigenvalue weighted by Gasteiger charge is 1.18. The van der Waals surface area contributed by atoms with Gasteiger partial charge in [-0.15, -0.1) is 0 Å². The Balaban J connectivity index is -0.0000000200. The first-order valence-electron chi connectivity index (χ1n) is 0.626. The fourth-order valence-corrected chi connectivity index (χ4v) is 0. The van der Waals surface area contributed by atoms with E-state index < -0.39 is 0 Å². The molecule has 0 fully saturated rings. The molecule has 0 bridgehead atoms. The van der Waals surface area contributed by atoms with E-state index in [9.17, 15) is 0 Å². The topological polar surface area (TPSA) is 30.5 Å². The van der Waals surface area contributed by atoms with E-state index >= 15 is 0 Å². The molecule has 5 heavy (non-hydrogen) atoms. The molecule has 0 heterocycles. The molecule has 0 aliphatic carbocycles. The van der Waals surface area contributed by atoms with Crippen molar-refractivity contribution in [2.24, 2.45) is 0 Å². The molecular weight excluding hydrogens is 100 g/mol. The molecule has 0 aromatic carbocycles. The Morgan fingerprint density at radius 3 is 1.60 bits per heavy atom. The lowest BCUT2D eigenvalue weighted by atomic mass is 11.3. The molecule has 6 radical (unpaired) electrons. The molecule has 3 heteroatoms. The minimum Gasteiger partial charge on any atom is -0.0936 e. The zero-order chi connectivity index (χ0) is 2.71. The first-order valence-corrected chi connectivity index (χ1v) is 1.06. The highest BCUT2D eigenvalue weighted by molar-refractivity contribution is 6.25. The molecule has 0 aromatic heterocycles. The van der Waals surface area contributed by atoms with Gasteiger partial charge in [-0.05, 0) is 5.54 Å². The van der Waals surface area contributed by atoms with Crippen molar-refractivity contribution in [2.45, 2.75) is 0 Å². The van der Waals surface area contributed by atoms with Crippen LogP contribution in [0.25, 0.3) is 0 Å². The van der Waals surface area contributed by atoms with Gasteiger partial charge in [-0.3, -0.25) is 0 Å². The number of nitrogens with zero attached hydrogens (tertiary/aromatic N) is 1. The first kappa shape index (κ1) is 17.8. The van der Waals surface area contributed by atoms with Gasteiger partial charge in [0.2, 0.25) is 0 Å². The second kappa shape index (κ2) is 24.2. The van der Waals surface area contributed by atoms with Gasteiger partial charge in [0.15, 0.2) is 0 Å². The molecule has 0 unspecified atom stereocenters. The smallest absolute Gasteiger partial charge is 0 e. The minimum absolute atomic E-state index is 0. The molecule has 0 aliphatic rings. The normalized spacial score (nSPS) is 2.60. The number of hydrogen-bond donors (Lipinski definition) is 0. The van der Waals surface area contributed by atoms with Crippen molar-refractivity contribution in [1.29, 1.82) is 0 Å². The van der Waals surface area contributed by atoms with Crippen LogP contribution in [0.15, 0.2) is 12.1 Å². The van der Waals surface area contributed by atoms with Gasteiger partial charge in [0, 0.05) is 23.5 Å². The predicted molar refractivity (Wildman–Crippen MR) is 23.9 cm³/mol. The summed E-state index contributed by atoms with van der Waals surface area (Å²) in [5.74, 6) is 0. The third kappa shape index (κ3) is 105. The largest absolute Gasteiger partial charge is 0.0936 e. The quantitative estimate of drug-likeness (QED) is 0.400. The summed E-state index contributed by atoms with van der Waals surface area (Å²) in [6, 6.07) is 0. The van der Waals surface area contributed by atoms with Crippen LogP contribution < -0.4 is 6.15 Å². The van der Waals surface area contributed by atoms with E-state index in [2.05, 4.69) is 6.58 Å². The predicted octanol–water partition coefficient (Wildman–Crippen LogP) is 0.507. The summed E-state index contributed by atoms with van der Waals surface area (Å²) < 4.78 is 0. The van der Waals surface area contributed by atoms with E-state index in [1.54, 1.807) is 0 Å². The molecule has 0 N–H and O–H groups in total. The van der Waals surface area contributed by atoms with Crippen LogP contribution in [-0.2, 0) is 0 Å². The van der Waals surface area contributed by atoms with E-state index in [1.807, 2.05) is 0 Å². The van der Waals surface area contributed by atoms with Gasteiger partial charge in [0.25, 0.3) is 0 Å². The lowest BCUT2D eigenvalue weighted by molar-refractivity contribution is 2.13. The third-order valence-corrected chi connectivity index (χ3v) is 0. The molecule has 0 aliphatic heterocycles. The average Bonchev–Trinajstić information content (AvgIpc) is 0.918. The van der Waals surface area contributed by atoms with Crippen molar-refractivity contribution in [2.75, 3.05) is 0 Å². The Hall–Kier alpha value is 0.522. The van der Waals surface area contributed by atoms with Crippen LogP contribution in [0.5, 0.6) is 0 Å². The summed E-state index contributed by atoms with van der Waals surface area (Å²) in [6.07, 6.45) is 0. The maximum absolute atomic E-state index is 4.76. The van der Waals surface area contributed by atoms with Crippen molar-refractivity contribution in [1.82, 2.24) is 6.15 Å². The Kier molecular flexibility index (Phi) is 85.9. The van der Waals surface area contributed by atoms with E-state index in [1.165, 1.54) is 5.54 Å². The van der Waals surface area contributed by atoms with Crippen LogP contribution in [0.1, 0.15) is 0 Å². The van der Waals surface area contributed by atoms with Crippen molar-refractivity contribution in [3.8, 4) is 0 Å². The second-order valence-corrected chi connectivity index (χ2v) is 0.463. The van der Waals surface area contributed by atoms with Crippen LogP contribution in [0.3, 0.4) is 0 Å². The summed E-state index contributed by atoms with van der Waals surface area (Å²) in [7, 11) is 0. The molecule has 0 saturated carbocycles. The molecule has 0 saturated heterocycles. The summed E-state index contributed by atoms with van der Waals surface area (Å²) in [5, 5.41) is 0. The van der Waals surface area contributed by atoms with E-state index in [4.69, 9.17) is 11.6 Å². The van der Waals surface area contributed by atoms with Gasteiger partial charge in [0.05, 0.1) is 0 Å². The van der Waals surface area contributed by atoms with Gasteiger partial charge >= 0.3 is 0 Å². The molecule has 1 nitrogen and oxygen atoms in total. The number of halogens is 1. The molecular formula is C2H3AlClN. The second-order valence-electron chi connectivity index (χ2n) is 0.154. The van der Waals surface area contributed by atoms with Gasteiger partial charge in [-0.2, -0.15) is 0 Å². The molecule has 0 spiro atoms. The highest BCUT2D eigenvalue weighted by atomic mass is 35.5. The van der Waals surface area contributed by atoms with Crippen LogP contribution in [0.4, 0.5) is 0 Å². The average molecular weight is 103 g/mol. The zero-order valence-corrected chi connectivity index (χ0v) is 4.60. The van der Waals surface area contributed by atoms with Gasteiger partial charge in [-0.1, -0.05) is 18.2 Å². The Morgan fingerprint density at radius 2 is 1.60 bits per heavy atom. The number of hydrogen-bond acceptors (Lipinski definition) is 0. The lowest BCUT2D eigenvalue weighted by Gasteiger charge is -1.27. The third-order valence-electron chi connectivity index (χ3n) is 0. The van der Waals surface area contributed by atoms with Gasteiger partial charge < -0.3 is 0 Å². The molecule has 0 atom stereocenters. The summed E-state index contributed by atoms with van der Waals surface area (Å²) in [4.78, 5) is 0. The SMILES string of the molecule is C=CCl.[Al].[N]. The number of rotatable bonds is 0. The maximum atomic E-state index is 4.76. The van der Waals surface area contributed by atoms with Crippen molar-refractivity contribution in [3.63, 3.8) is 0 Å². The Labute approximate surface area is 47.7 Å². The zero-order valence-electron chi connectivity index (χ0n) is 2.69. The Morgan fingerprint density at radius 1 is 1.60 bits per heavy atom. The van der Waals surface area contributed by atoms with Gasteiger partial charge in [-0.25, -0.2) is 0 Å². The minimum atomic E-state index is 0. The maximum Gasteiger partial charge on any atom is 0 e. The molecule has 0 aromatic rings. The van der Waals surface area contributed by atoms with E-state index in [-0.39, 0.29) is 23.5 Å². The standard InChI is InChI=1S/C2H3Cl.Al.N/c1-2-3;;/h2H,1H2;;. The Bertz CT molecular complexity index is 17.1. The van der Waals surface area contributed by atoms with Crippen LogP contribution in [0.2, 0.25) is 0 Å². The lowest BCUT2D eigenvalue weighted by Crippen LogP contribution is -0.926. The summed E-state index contributed by atoms with van der Waals surface area (Å²) in [6.45, 7) is 3.13. The van der Waals surface area contributed by atoms with Crippen LogP contribution in [0, 0.1) is 0 Å². The summed E-state index contributed by atoms with van der Waals surface area (Å²) in [5.41, 5.74) is 1.22.